The van der Waals surface area contributed by atoms with Gasteiger partial charge in [-0.1, -0.05) is 38.9 Å². The van der Waals surface area contributed by atoms with E-state index >= 15 is 0 Å². The molecule has 0 saturated carbocycles. The standard InChI is InChI=1S/C10H9.C4H10Si.2FH.Zr/c1-8-6-9-4-2-3-5-10(9)7-8;1-3-5-4-2;;;/h2-7H,1H3;3-4H2,1-2H3;2*1H;/q-1;;;;+3/p-2. The molecule has 0 amide bonds. The van der Waals surface area contributed by atoms with E-state index < -0.39 is 0 Å². The minimum atomic E-state index is 0. The summed E-state index contributed by atoms with van der Waals surface area (Å²) in [7, 11) is 1.20. The van der Waals surface area contributed by atoms with Gasteiger partial charge < -0.3 is 9.41 Å². The quantitative estimate of drug-likeness (QED) is 0.457. The van der Waals surface area contributed by atoms with E-state index in [0.29, 0.717) is 0 Å². The van der Waals surface area contributed by atoms with Gasteiger partial charge in [0.1, 0.15) is 0 Å². The Labute approximate surface area is 130 Å². The van der Waals surface area contributed by atoms with Gasteiger partial charge in [-0.05, 0) is 0 Å². The van der Waals surface area contributed by atoms with Gasteiger partial charge in [-0.3, -0.25) is 0 Å². The first kappa shape index (κ1) is 22.9. The Hall–Kier alpha value is -0.210. The zero-order valence-corrected chi connectivity index (χ0v) is 14.6. The molecule has 0 unspecified atom stereocenters. The molecular weight excluding hydrogens is 325 g/mol. The van der Waals surface area contributed by atoms with Crippen molar-refractivity contribution in [2.75, 3.05) is 0 Å². The third-order valence-electron chi connectivity index (χ3n) is 2.26. The summed E-state index contributed by atoms with van der Waals surface area (Å²) in [5.74, 6) is 0. The first-order chi connectivity index (χ1) is 7.27. The third-order valence-corrected chi connectivity index (χ3v) is 3.26. The fraction of sp³-hybridized carbons (Fsp3) is 0.357. The molecule has 2 rings (SSSR count). The van der Waals surface area contributed by atoms with Gasteiger partial charge in [-0.25, -0.2) is 0 Å². The van der Waals surface area contributed by atoms with E-state index in [1.165, 1.54) is 37.9 Å². The van der Waals surface area contributed by atoms with E-state index in [0.717, 1.165) is 0 Å². The number of halogens is 2. The van der Waals surface area contributed by atoms with Crippen LogP contribution >= 0.6 is 0 Å². The van der Waals surface area contributed by atoms with Gasteiger partial charge in [0.05, 0.1) is 0 Å². The van der Waals surface area contributed by atoms with Crippen LogP contribution in [-0.4, -0.2) is 9.52 Å². The van der Waals surface area contributed by atoms with Crippen molar-refractivity contribution in [3.05, 3.63) is 42.0 Å². The first-order valence-electron chi connectivity index (χ1n) is 5.60. The van der Waals surface area contributed by atoms with E-state index in [-0.39, 0.29) is 35.6 Å². The van der Waals surface area contributed by atoms with Crippen LogP contribution in [0.2, 0.25) is 12.1 Å². The monoisotopic (exact) mass is 343 g/mol. The summed E-state index contributed by atoms with van der Waals surface area (Å²) in [5.41, 5.74) is 1.35. The zero-order chi connectivity index (χ0) is 11.1. The van der Waals surface area contributed by atoms with Crippen LogP contribution in [0.15, 0.2) is 36.4 Å². The molecule has 4 heteroatoms. The second-order valence-corrected chi connectivity index (χ2v) is 5.53. The maximum absolute atomic E-state index is 2.22. The van der Waals surface area contributed by atoms with Crippen LogP contribution < -0.4 is 9.41 Å². The summed E-state index contributed by atoms with van der Waals surface area (Å²) in [6.07, 6.45) is 0. The average Bonchev–Trinajstić information content (AvgIpc) is 2.60. The fourth-order valence-corrected chi connectivity index (χ4v) is 2.06. The molecule has 0 aliphatic carbocycles. The molecule has 97 valence electrons. The van der Waals surface area contributed by atoms with Crippen molar-refractivity contribution in [1.82, 2.24) is 0 Å². The molecule has 2 aromatic rings. The molecule has 0 heterocycles. The minimum absolute atomic E-state index is 0. The topological polar surface area (TPSA) is 0 Å². The number of fused-ring (bicyclic) bond motifs is 1. The second-order valence-electron chi connectivity index (χ2n) is 3.62. The van der Waals surface area contributed by atoms with Gasteiger partial charge in [0.2, 0.25) is 0 Å². The summed E-state index contributed by atoms with van der Waals surface area (Å²) >= 11 is 0. The van der Waals surface area contributed by atoms with E-state index in [9.17, 15) is 0 Å². The van der Waals surface area contributed by atoms with E-state index in [1.54, 1.807) is 0 Å². The van der Waals surface area contributed by atoms with E-state index in [2.05, 4.69) is 57.2 Å². The Morgan fingerprint density at radius 1 is 1.06 bits per heavy atom. The summed E-state index contributed by atoms with van der Waals surface area (Å²) in [6, 6.07) is 15.6. The van der Waals surface area contributed by atoms with Gasteiger partial charge in [-0.15, -0.1) is 40.6 Å². The van der Waals surface area contributed by atoms with Crippen molar-refractivity contribution >= 4 is 20.3 Å². The first-order valence-corrected chi connectivity index (χ1v) is 7.02. The van der Waals surface area contributed by atoms with Gasteiger partial charge in [-0.2, -0.15) is 6.07 Å². The minimum Gasteiger partial charge on any atom is -1.00 e. The summed E-state index contributed by atoms with van der Waals surface area (Å²) < 4.78 is 0. The number of benzene rings is 1. The average molecular weight is 345 g/mol. The van der Waals surface area contributed by atoms with Gasteiger partial charge in [0.15, 0.2) is 0 Å². The van der Waals surface area contributed by atoms with Gasteiger partial charge in [0.25, 0.3) is 0 Å². The van der Waals surface area contributed by atoms with Crippen LogP contribution in [0, 0.1) is 6.92 Å². The largest absolute Gasteiger partial charge is 3.00 e. The van der Waals surface area contributed by atoms with Gasteiger partial charge >= 0.3 is 26.2 Å². The maximum atomic E-state index is 2.22. The number of aryl methyl sites for hydroxylation is 1. The van der Waals surface area contributed by atoms with Crippen LogP contribution in [0.5, 0.6) is 0 Å². The van der Waals surface area contributed by atoms with Crippen molar-refractivity contribution in [3.8, 4) is 0 Å². The Kier molecular flexibility index (Phi) is 16.8. The molecule has 2 aromatic carbocycles. The van der Waals surface area contributed by atoms with Crippen molar-refractivity contribution < 1.29 is 35.6 Å². The molecular formula is C14H19F2SiZr. The normalized spacial score (nSPS) is 8.17. The molecule has 0 aliphatic heterocycles. The van der Waals surface area contributed by atoms with Crippen LogP contribution in [0.4, 0.5) is 0 Å². The SMILES string of the molecule is CC[Si]CC.Cc1cc2ccccc2[cH-]1.[F-].[F-].[Zr+3]. The van der Waals surface area contributed by atoms with Crippen LogP contribution in [0.25, 0.3) is 10.8 Å². The zero-order valence-electron chi connectivity index (χ0n) is 11.1. The molecule has 18 heavy (non-hydrogen) atoms. The fourth-order valence-electron chi connectivity index (χ4n) is 1.56. The molecule has 0 N–H and O–H groups in total. The molecule has 0 spiro atoms. The van der Waals surface area contributed by atoms with Crippen LogP contribution in [0.3, 0.4) is 0 Å². The Morgan fingerprint density at radius 2 is 1.61 bits per heavy atom. The van der Waals surface area contributed by atoms with Crippen LogP contribution in [-0.2, 0) is 26.2 Å². The van der Waals surface area contributed by atoms with E-state index in [1.807, 2.05) is 0 Å². The van der Waals surface area contributed by atoms with Crippen molar-refractivity contribution in [1.29, 1.82) is 0 Å². The molecule has 3 radical (unpaired) electrons. The third kappa shape index (κ3) is 7.99. The number of rotatable bonds is 2. The predicted octanol–water partition coefficient (Wildman–Crippen LogP) is -1.56. The number of hydrogen-bond donors (Lipinski definition) is 0. The summed E-state index contributed by atoms with van der Waals surface area (Å²) in [6.45, 7) is 6.57. The maximum Gasteiger partial charge on any atom is 3.00 e. The Morgan fingerprint density at radius 3 is 2.06 bits per heavy atom. The van der Waals surface area contributed by atoms with E-state index in [4.69, 9.17) is 0 Å². The smallest absolute Gasteiger partial charge is 1.00 e. The van der Waals surface area contributed by atoms with Crippen molar-refractivity contribution in [2.24, 2.45) is 0 Å². The molecule has 0 bridgehead atoms. The van der Waals surface area contributed by atoms with Crippen LogP contribution in [0.1, 0.15) is 19.4 Å². The molecule has 0 aromatic heterocycles. The number of hydrogen-bond acceptors (Lipinski definition) is 0. The Bertz CT molecular complexity index is 366. The predicted molar refractivity (Wildman–Crippen MR) is 71.0 cm³/mol. The van der Waals surface area contributed by atoms with Gasteiger partial charge in [0, 0.05) is 9.52 Å². The second kappa shape index (κ2) is 13.2. The molecule has 0 saturated heterocycles. The van der Waals surface area contributed by atoms with Crippen molar-refractivity contribution in [3.63, 3.8) is 0 Å². The molecule has 0 atom stereocenters. The summed E-state index contributed by atoms with van der Waals surface area (Å²) in [4.78, 5) is 0. The molecule has 0 aliphatic rings. The van der Waals surface area contributed by atoms with Crippen molar-refractivity contribution in [2.45, 2.75) is 32.9 Å². The molecule has 0 nitrogen and oxygen atoms in total. The molecule has 0 fully saturated rings. The Balaban J connectivity index is -0.000000252. The summed E-state index contributed by atoms with van der Waals surface area (Å²) in [5, 5.41) is 2.69.